The molecule has 2 aromatic rings. The van der Waals surface area contributed by atoms with E-state index in [1.165, 1.54) is 16.7 Å². The maximum atomic E-state index is 5.94. The van der Waals surface area contributed by atoms with Crippen LogP contribution in [-0.2, 0) is 12.8 Å². The molecule has 0 aliphatic rings. The monoisotopic (exact) mass is 261 g/mol. The van der Waals surface area contributed by atoms with Crippen LogP contribution in [0.4, 0.5) is 0 Å². The van der Waals surface area contributed by atoms with Gasteiger partial charge in [0.15, 0.2) is 0 Å². The third-order valence-corrected chi connectivity index (χ3v) is 3.66. The van der Waals surface area contributed by atoms with E-state index >= 15 is 0 Å². The Kier molecular flexibility index (Phi) is 4.79. The van der Waals surface area contributed by atoms with E-state index in [-0.39, 0.29) is 0 Å². The molecule has 3 heteroatoms. The van der Waals surface area contributed by atoms with Crippen molar-refractivity contribution in [2.75, 3.05) is 13.2 Å². The number of hydrogen-bond acceptors (Lipinski definition) is 3. The van der Waals surface area contributed by atoms with Gasteiger partial charge in [-0.2, -0.15) is 11.3 Å². The van der Waals surface area contributed by atoms with Gasteiger partial charge in [0, 0.05) is 6.42 Å². The van der Waals surface area contributed by atoms with Gasteiger partial charge in [-0.1, -0.05) is 18.2 Å². The highest BCUT2D eigenvalue weighted by Gasteiger charge is 2.06. The Morgan fingerprint density at radius 1 is 1.22 bits per heavy atom. The Morgan fingerprint density at radius 3 is 2.83 bits per heavy atom. The highest BCUT2D eigenvalue weighted by atomic mass is 32.1. The van der Waals surface area contributed by atoms with Gasteiger partial charge < -0.3 is 10.5 Å². The number of rotatable bonds is 6. The predicted octanol–water partition coefficient (Wildman–Crippen LogP) is 3.18. The first kappa shape index (κ1) is 13.1. The van der Waals surface area contributed by atoms with Crippen LogP contribution in [0.3, 0.4) is 0 Å². The van der Waals surface area contributed by atoms with E-state index in [1.807, 2.05) is 0 Å². The Labute approximate surface area is 112 Å². The summed E-state index contributed by atoms with van der Waals surface area (Å²) in [5.74, 6) is 1.01. The van der Waals surface area contributed by atoms with Crippen LogP contribution in [-0.4, -0.2) is 13.2 Å². The summed E-state index contributed by atoms with van der Waals surface area (Å²) in [6.45, 7) is 3.46. The van der Waals surface area contributed by atoms with Crippen LogP contribution in [0.1, 0.15) is 16.7 Å². The molecule has 0 unspecified atom stereocenters. The molecule has 0 saturated heterocycles. The van der Waals surface area contributed by atoms with Crippen molar-refractivity contribution in [2.24, 2.45) is 5.73 Å². The minimum absolute atomic E-state index is 0.657. The van der Waals surface area contributed by atoms with Crippen LogP contribution in [0.15, 0.2) is 35.0 Å². The van der Waals surface area contributed by atoms with Gasteiger partial charge in [0.25, 0.3) is 0 Å². The van der Waals surface area contributed by atoms with Crippen LogP contribution in [0, 0.1) is 6.92 Å². The number of benzene rings is 1. The molecule has 18 heavy (non-hydrogen) atoms. The molecule has 2 nitrogen and oxygen atoms in total. The Bertz CT molecular complexity index is 479. The van der Waals surface area contributed by atoms with Gasteiger partial charge in [-0.3, -0.25) is 0 Å². The first-order chi connectivity index (χ1) is 8.81. The molecule has 0 amide bonds. The molecular formula is C15H19NOS. The molecule has 1 heterocycles. The third-order valence-electron chi connectivity index (χ3n) is 2.92. The Hall–Kier alpha value is -1.32. The largest absolute Gasteiger partial charge is 0.493 e. The zero-order valence-electron chi connectivity index (χ0n) is 10.7. The Morgan fingerprint density at radius 2 is 2.11 bits per heavy atom. The maximum Gasteiger partial charge on any atom is 0.125 e. The number of nitrogens with two attached hydrogens (primary N) is 1. The average Bonchev–Trinajstić information content (AvgIpc) is 2.86. The molecule has 0 bridgehead atoms. The lowest BCUT2D eigenvalue weighted by atomic mass is 10.1. The SMILES string of the molecule is Cc1cccc(CCN)c1OCCc1ccsc1. The number of ether oxygens (including phenoxy) is 1. The standard InChI is InChI=1S/C15H19NOS/c1-12-3-2-4-14(5-8-16)15(12)17-9-6-13-7-10-18-11-13/h2-4,7,10-11H,5-6,8-9,16H2,1H3. The molecule has 1 aromatic carbocycles. The molecule has 1 aromatic heterocycles. The fourth-order valence-corrected chi connectivity index (χ4v) is 2.68. The Balaban J connectivity index is 1.99. The number of para-hydroxylation sites is 1. The molecule has 0 saturated carbocycles. The predicted molar refractivity (Wildman–Crippen MR) is 77.5 cm³/mol. The first-order valence-corrected chi connectivity index (χ1v) is 7.18. The lowest BCUT2D eigenvalue weighted by molar-refractivity contribution is 0.316. The van der Waals surface area contributed by atoms with E-state index in [0.29, 0.717) is 6.54 Å². The fraction of sp³-hybridized carbons (Fsp3) is 0.333. The second-order valence-electron chi connectivity index (χ2n) is 4.33. The quantitative estimate of drug-likeness (QED) is 0.867. The normalized spacial score (nSPS) is 10.6. The van der Waals surface area contributed by atoms with Crippen LogP contribution in [0.5, 0.6) is 5.75 Å². The van der Waals surface area contributed by atoms with Crippen LogP contribution >= 0.6 is 11.3 Å². The zero-order valence-corrected chi connectivity index (χ0v) is 11.5. The average molecular weight is 261 g/mol. The number of hydrogen-bond donors (Lipinski definition) is 1. The summed E-state index contributed by atoms with van der Waals surface area (Å²) < 4.78 is 5.94. The number of aryl methyl sites for hydroxylation is 1. The molecule has 0 spiro atoms. The van der Waals surface area contributed by atoms with E-state index in [2.05, 4.69) is 41.9 Å². The lowest BCUT2D eigenvalue weighted by Gasteiger charge is -2.13. The summed E-state index contributed by atoms with van der Waals surface area (Å²) in [7, 11) is 0. The van der Waals surface area contributed by atoms with Gasteiger partial charge in [-0.15, -0.1) is 0 Å². The summed E-state index contributed by atoms with van der Waals surface area (Å²) in [4.78, 5) is 0. The van der Waals surface area contributed by atoms with Crippen molar-refractivity contribution in [2.45, 2.75) is 19.8 Å². The molecule has 0 fully saturated rings. The van der Waals surface area contributed by atoms with Gasteiger partial charge in [0.2, 0.25) is 0 Å². The summed E-state index contributed by atoms with van der Waals surface area (Å²) in [6.07, 6.45) is 1.83. The molecule has 0 aliphatic carbocycles. The van der Waals surface area contributed by atoms with Crippen molar-refractivity contribution >= 4 is 11.3 Å². The molecule has 0 aliphatic heterocycles. The smallest absolute Gasteiger partial charge is 0.125 e. The minimum Gasteiger partial charge on any atom is -0.493 e. The molecular weight excluding hydrogens is 242 g/mol. The van der Waals surface area contributed by atoms with Gasteiger partial charge in [0.1, 0.15) is 5.75 Å². The molecule has 2 N–H and O–H groups in total. The maximum absolute atomic E-state index is 5.94. The van der Waals surface area contributed by atoms with Crippen molar-refractivity contribution < 1.29 is 4.74 Å². The van der Waals surface area contributed by atoms with E-state index in [1.54, 1.807) is 11.3 Å². The fourth-order valence-electron chi connectivity index (χ4n) is 1.98. The van der Waals surface area contributed by atoms with Crippen molar-refractivity contribution in [3.8, 4) is 5.75 Å². The van der Waals surface area contributed by atoms with Gasteiger partial charge in [-0.05, 0) is 53.4 Å². The molecule has 0 atom stereocenters. The first-order valence-electron chi connectivity index (χ1n) is 6.23. The van der Waals surface area contributed by atoms with E-state index in [9.17, 15) is 0 Å². The van der Waals surface area contributed by atoms with E-state index < -0.39 is 0 Å². The summed E-state index contributed by atoms with van der Waals surface area (Å²) in [5, 5.41) is 4.27. The molecule has 0 radical (unpaired) electrons. The van der Waals surface area contributed by atoms with Crippen molar-refractivity contribution in [3.05, 3.63) is 51.7 Å². The van der Waals surface area contributed by atoms with Gasteiger partial charge in [0.05, 0.1) is 6.61 Å². The van der Waals surface area contributed by atoms with Crippen LogP contribution in [0.2, 0.25) is 0 Å². The second-order valence-corrected chi connectivity index (χ2v) is 5.11. The third kappa shape index (κ3) is 3.34. The zero-order chi connectivity index (χ0) is 12.8. The highest BCUT2D eigenvalue weighted by Crippen LogP contribution is 2.24. The van der Waals surface area contributed by atoms with Crippen LogP contribution in [0.25, 0.3) is 0 Å². The topological polar surface area (TPSA) is 35.2 Å². The minimum atomic E-state index is 0.657. The second kappa shape index (κ2) is 6.57. The van der Waals surface area contributed by atoms with E-state index in [0.717, 1.165) is 25.2 Å². The molecule has 2 rings (SSSR count). The van der Waals surface area contributed by atoms with Crippen molar-refractivity contribution in [3.63, 3.8) is 0 Å². The van der Waals surface area contributed by atoms with Crippen molar-refractivity contribution in [1.29, 1.82) is 0 Å². The summed E-state index contributed by atoms with van der Waals surface area (Å²) in [5.41, 5.74) is 9.37. The lowest BCUT2D eigenvalue weighted by Crippen LogP contribution is -2.08. The molecule has 96 valence electrons. The summed E-state index contributed by atoms with van der Waals surface area (Å²) >= 11 is 1.73. The highest BCUT2D eigenvalue weighted by molar-refractivity contribution is 7.07. The summed E-state index contributed by atoms with van der Waals surface area (Å²) in [6, 6.07) is 8.39. The van der Waals surface area contributed by atoms with Crippen molar-refractivity contribution in [1.82, 2.24) is 0 Å². The van der Waals surface area contributed by atoms with Gasteiger partial charge >= 0.3 is 0 Å². The number of thiophene rings is 1. The van der Waals surface area contributed by atoms with Crippen LogP contribution < -0.4 is 10.5 Å². The van der Waals surface area contributed by atoms with E-state index in [4.69, 9.17) is 10.5 Å². The van der Waals surface area contributed by atoms with Gasteiger partial charge in [-0.25, -0.2) is 0 Å².